The van der Waals surface area contributed by atoms with Crippen LogP contribution in [0.1, 0.15) is 36.6 Å². The van der Waals surface area contributed by atoms with Crippen LogP contribution in [-0.4, -0.2) is 4.98 Å². The Bertz CT molecular complexity index is 267. The second-order valence-electron chi connectivity index (χ2n) is 3.39. The van der Waals surface area contributed by atoms with E-state index in [1.54, 1.807) is 0 Å². The third-order valence-electron chi connectivity index (χ3n) is 2.04. The Kier molecular flexibility index (Phi) is 2.82. The van der Waals surface area contributed by atoms with Crippen molar-refractivity contribution in [1.29, 1.82) is 0 Å². The molecular weight excluding hydrogens is 148 g/mol. The summed E-state index contributed by atoms with van der Waals surface area (Å²) in [4.78, 5) is 4.25. The van der Waals surface area contributed by atoms with Gasteiger partial charge in [-0.15, -0.1) is 0 Å². The van der Waals surface area contributed by atoms with Gasteiger partial charge in [0.05, 0.1) is 5.69 Å². The first kappa shape index (κ1) is 9.20. The largest absolute Gasteiger partial charge is 0.325 e. The number of rotatable bonds is 2. The normalized spacial score (nSPS) is 10.8. The van der Waals surface area contributed by atoms with Gasteiger partial charge in [-0.1, -0.05) is 13.8 Å². The van der Waals surface area contributed by atoms with Gasteiger partial charge in [0.2, 0.25) is 0 Å². The van der Waals surface area contributed by atoms with Gasteiger partial charge < -0.3 is 5.73 Å². The molecule has 0 aliphatic carbocycles. The fraction of sp³-hybridized carbons (Fsp3) is 0.500. The van der Waals surface area contributed by atoms with E-state index >= 15 is 0 Å². The molecule has 2 heteroatoms. The van der Waals surface area contributed by atoms with Crippen molar-refractivity contribution >= 4 is 0 Å². The molecule has 0 spiro atoms. The minimum atomic E-state index is 0.527. The molecule has 0 bridgehead atoms. The van der Waals surface area contributed by atoms with Gasteiger partial charge in [0.15, 0.2) is 0 Å². The first-order valence-electron chi connectivity index (χ1n) is 4.30. The molecule has 1 rings (SSSR count). The molecule has 0 saturated heterocycles. The lowest BCUT2D eigenvalue weighted by molar-refractivity contribution is 0.837. The molecule has 0 aliphatic rings. The average Bonchev–Trinajstić information content (AvgIpc) is 2.03. The van der Waals surface area contributed by atoms with Crippen LogP contribution in [0.5, 0.6) is 0 Å². The summed E-state index contributed by atoms with van der Waals surface area (Å²) in [6.07, 6.45) is 1.93. The highest BCUT2D eigenvalue weighted by molar-refractivity contribution is 5.27. The molecule has 0 atom stereocenters. The molecule has 1 aromatic heterocycles. The van der Waals surface area contributed by atoms with Crippen LogP contribution in [0.2, 0.25) is 0 Å². The second-order valence-corrected chi connectivity index (χ2v) is 3.39. The minimum absolute atomic E-state index is 0.527. The van der Waals surface area contributed by atoms with Crippen LogP contribution in [-0.2, 0) is 6.54 Å². The highest BCUT2D eigenvalue weighted by Crippen LogP contribution is 2.17. The zero-order valence-electron chi connectivity index (χ0n) is 7.96. The van der Waals surface area contributed by atoms with E-state index in [0.717, 1.165) is 5.69 Å². The Labute approximate surface area is 73.8 Å². The zero-order chi connectivity index (χ0) is 9.14. The van der Waals surface area contributed by atoms with Gasteiger partial charge in [-0.25, -0.2) is 0 Å². The Morgan fingerprint density at radius 1 is 1.50 bits per heavy atom. The molecule has 0 amide bonds. The lowest BCUT2D eigenvalue weighted by Gasteiger charge is -2.09. The molecule has 0 aromatic carbocycles. The van der Waals surface area contributed by atoms with Crippen LogP contribution in [0.3, 0.4) is 0 Å². The monoisotopic (exact) mass is 164 g/mol. The molecule has 66 valence electrons. The molecule has 1 heterocycles. The van der Waals surface area contributed by atoms with Gasteiger partial charge in [0.25, 0.3) is 0 Å². The second kappa shape index (κ2) is 3.68. The van der Waals surface area contributed by atoms with Crippen molar-refractivity contribution in [2.75, 3.05) is 0 Å². The maximum atomic E-state index is 5.48. The number of aromatic nitrogens is 1. The molecule has 2 N–H and O–H groups in total. The fourth-order valence-corrected chi connectivity index (χ4v) is 1.34. The van der Waals surface area contributed by atoms with E-state index in [1.807, 2.05) is 6.20 Å². The number of nitrogens with two attached hydrogens (primary N) is 1. The topological polar surface area (TPSA) is 38.9 Å². The third-order valence-corrected chi connectivity index (χ3v) is 2.04. The van der Waals surface area contributed by atoms with E-state index < -0.39 is 0 Å². The smallest absolute Gasteiger partial charge is 0.0542 e. The Hall–Kier alpha value is -0.890. The number of nitrogens with zero attached hydrogens (tertiary/aromatic N) is 1. The number of hydrogen-bond donors (Lipinski definition) is 1. The number of aryl methyl sites for hydroxylation is 1. The highest BCUT2D eigenvalue weighted by atomic mass is 14.7. The predicted molar refractivity (Wildman–Crippen MR) is 51.0 cm³/mol. The van der Waals surface area contributed by atoms with Crippen molar-refractivity contribution in [1.82, 2.24) is 4.98 Å². The van der Waals surface area contributed by atoms with E-state index in [9.17, 15) is 0 Å². The molecule has 0 aliphatic heterocycles. The van der Waals surface area contributed by atoms with Gasteiger partial charge in [0.1, 0.15) is 0 Å². The van der Waals surface area contributed by atoms with Crippen LogP contribution < -0.4 is 5.73 Å². The molecular formula is C10H16N2. The lowest BCUT2D eigenvalue weighted by atomic mass is 10.00. The van der Waals surface area contributed by atoms with Crippen molar-refractivity contribution in [2.24, 2.45) is 5.73 Å². The number of hydrogen-bond acceptors (Lipinski definition) is 2. The van der Waals surface area contributed by atoms with Crippen LogP contribution in [0.15, 0.2) is 12.3 Å². The summed E-state index contributed by atoms with van der Waals surface area (Å²) in [5.41, 5.74) is 9.06. The molecule has 0 unspecified atom stereocenters. The summed E-state index contributed by atoms with van der Waals surface area (Å²) < 4.78 is 0. The van der Waals surface area contributed by atoms with E-state index in [1.165, 1.54) is 11.1 Å². The van der Waals surface area contributed by atoms with Crippen molar-refractivity contribution in [3.63, 3.8) is 0 Å². The van der Waals surface area contributed by atoms with Gasteiger partial charge in [-0.3, -0.25) is 4.98 Å². The maximum absolute atomic E-state index is 5.48. The predicted octanol–water partition coefficient (Wildman–Crippen LogP) is 1.97. The van der Waals surface area contributed by atoms with E-state index in [4.69, 9.17) is 5.73 Å². The molecule has 0 radical (unpaired) electrons. The summed E-state index contributed by atoms with van der Waals surface area (Å²) in [5, 5.41) is 0. The quantitative estimate of drug-likeness (QED) is 0.725. The summed E-state index contributed by atoms with van der Waals surface area (Å²) in [6, 6.07) is 2.06. The Balaban J connectivity index is 3.03. The van der Waals surface area contributed by atoms with Gasteiger partial charge in [0, 0.05) is 12.7 Å². The summed E-state index contributed by atoms with van der Waals surface area (Å²) in [6.45, 7) is 6.98. The molecule has 1 aromatic rings. The van der Waals surface area contributed by atoms with Crippen LogP contribution in [0.4, 0.5) is 0 Å². The van der Waals surface area contributed by atoms with Crippen LogP contribution in [0, 0.1) is 6.92 Å². The maximum Gasteiger partial charge on any atom is 0.0542 e. The molecule has 12 heavy (non-hydrogen) atoms. The van der Waals surface area contributed by atoms with Crippen LogP contribution in [0.25, 0.3) is 0 Å². The average molecular weight is 164 g/mol. The SMILES string of the molecule is Cc1cc(CN)ncc1C(C)C. The lowest BCUT2D eigenvalue weighted by Crippen LogP contribution is -2.02. The summed E-state index contributed by atoms with van der Waals surface area (Å²) in [7, 11) is 0. The molecule has 0 fully saturated rings. The summed E-state index contributed by atoms with van der Waals surface area (Å²) in [5.74, 6) is 0.546. The Morgan fingerprint density at radius 2 is 2.17 bits per heavy atom. The molecule has 2 nitrogen and oxygen atoms in total. The third kappa shape index (κ3) is 1.83. The van der Waals surface area contributed by atoms with Gasteiger partial charge in [-0.2, -0.15) is 0 Å². The fourth-order valence-electron chi connectivity index (χ4n) is 1.34. The van der Waals surface area contributed by atoms with Crippen molar-refractivity contribution < 1.29 is 0 Å². The van der Waals surface area contributed by atoms with Gasteiger partial charge in [-0.05, 0) is 30.0 Å². The van der Waals surface area contributed by atoms with E-state index in [0.29, 0.717) is 12.5 Å². The van der Waals surface area contributed by atoms with Gasteiger partial charge >= 0.3 is 0 Å². The zero-order valence-corrected chi connectivity index (χ0v) is 7.96. The first-order valence-corrected chi connectivity index (χ1v) is 4.30. The van der Waals surface area contributed by atoms with E-state index in [-0.39, 0.29) is 0 Å². The highest BCUT2D eigenvalue weighted by Gasteiger charge is 2.03. The van der Waals surface area contributed by atoms with Crippen molar-refractivity contribution in [2.45, 2.75) is 33.2 Å². The molecule has 0 saturated carbocycles. The van der Waals surface area contributed by atoms with Crippen molar-refractivity contribution in [3.05, 3.63) is 29.1 Å². The summed E-state index contributed by atoms with van der Waals surface area (Å²) >= 11 is 0. The first-order chi connectivity index (χ1) is 5.65. The number of pyridine rings is 1. The Morgan fingerprint density at radius 3 is 2.58 bits per heavy atom. The minimum Gasteiger partial charge on any atom is -0.325 e. The van der Waals surface area contributed by atoms with E-state index in [2.05, 4.69) is 31.8 Å². The standard InChI is InChI=1S/C10H16N2/c1-7(2)10-6-12-9(5-11)4-8(10)3/h4,6-7H,5,11H2,1-3H3. The van der Waals surface area contributed by atoms with Crippen molar-refractivity contribution in [3.8, 4) is 0 Å². The van der Waals surface area contributed by atoms with Crippen LogP contribution >= 0.6 is 0 Å².